The van der Waals surface area contributed by atoms with Crippen molar-refractivity contribution in [3.63, 3.8) is 0 Å². The van der Waals surface area contributed by atoms with E-state index in [1.807, 2.05) is 41.3 Å². The van der Waals surface area contributed by atoms with Gasteiger partial charge in [0.25, 0.3) is 0 Å². The lowest BCUT2D eigenvalue weighted by atomic mass is 9.66. The Balaban J connectivity index is 1.72. The van der Waals surface area contributed by atoms with Crippen molar-refractivity contribution in [2.75, 3.05) is 6.54 Å². The third-order valence-corrected chi connectivity index (χ3v) is 5.57. The highest BCUT2D eigenvalue weighted by molar-refractivity contribution is 5.69. The Kier molecular flexibility index (Phi) is 5.04. The summed E-state index contributed by atoms with van der Waals surface area (Å²) in [5, 5.41) is 0. The molecule has 1 aromatic carbocycles. The van der Waals surface area contributed by atoms with Crippen molar-refractivity contribution in [3.05, 3.63) is 48.6 Å². The van der Waals surface area contributed by atoms with Crippen molar-refractivity contribution in [2.45, 2.75) is 57.1 Å². The van der Waals surface area contributed by atoms with E-state index in [0.29, 0.717) is 12.5 Å². The number of likely N-dealkylation sites (tertiary alicyclic amines) is 1. The highest BCUT2D eigenvalue weighted by Crippen LogP contribution is 2.46. The van der Waals surface area contributed by atoms with Crippen LogP contribution in [-0.2, 0) is 11.3 Å². The standard InChI is InChI=1S/C20H27NO2/c1-2-13-20-14-7-6-11-18(20)12-8-15-21(20)19(22)23-16-17-9-4-3-5-10-17/h2-5,9-10,18H,1,6-8,11-16H2/t18?,20-/m1/s1. The molecular formula is C20H27NO2. The van der Waals surface area contributed by atoms with E-state index in [2.05, 4.69) is 6.58 Å². The molecule has 3 nitrogen and oxygen atoms in total. The first kappa shape index (κ1) is 16.1. The molecule has 0 bridgehead atoms. The molecule has 2 fully saturated rings. The van der Waals surface area contributed by atoms with E-state index in [9.17, 15) is 4.79 Å². The fourth-order valence-electron chi connectivity index (χ4n) is 4.48. The van der Waals surface area contributed by atoms with Crippen LogP contribution in [0, 0.1) is 5.92 Å². The highest BCUT2D eigenvalue weighted by atomic mass is 16.6. The minimum absolute atomic E-state index is 0.0496. The number of hydrogen-bond acceptors (Lipinski definition) is 2. The number of rotatable bonds is 4. The van der Waals surface area contributed by atoms with E-state index in [0.717, 1.165) is 31.4 Å². The van der Waals surface area contributed by atoms with Crippen LogP contribution in [0.3, 0.4) is 0 Å². The Morgan fingerprint density at radius 3 is 2.83 bits per heavy atom. The largest absolute Gasteiger partial charge is 0.445 e. The van der Waals surface area contributed by atoms with Crippen molar-refractivity contribution >= 4 is 6.09 Å². The summed E-state index contributed by atoms with van der Waals surface area (Å²) < 4.78 is 5.64. The Bertz CT molecular complexity index is 540. The van der Waals surface area contributed by atoms with Crippen molar-refractivity contribution < 1.29 is 9.53 Å². The molecule has 1 saturated carbocycles. The zero-order valence-electron chi connectivity index (χ0n) is 13.9. The van der Waals surface area contributed by atoms with Crippen molar-refractivity contribution in [3.8, 4) is 0 Å². The lowest BCUT2D eigenvalue weighted by Crippen LogP contribution is -2.60. The molecule has 0 N–H and O–H groups in total. The molecule has 1 aliphatic heterocycles. The predicted octanol–water partition coefficient (Wildman–Crippen LogP) is 4.92. The summed E-state index contributed by atoms with van der Waals surface area (Å²) in [4.78, 5) is 14.8. The van der Waals surface area contributed by atoms with Crippen LogP contribution in [0.4, 0.5) is 4.79 Å². The lowest BCUT2D eigenvalue weighted by Gasteiger charge is -2.53. The number of nitrogens with zero attached hydrogens (tertiary/aromatic N) is 1. The van der Waals surface area contributed by atoms with Gasteiger partial charge in [-0.05, 0) is 43.6 Å². The molecule has 1 amide bonds. The van der Waals surface area contributed by atoms with Crippen LogP contribution in [0.2, 0.25) is 0 Å². The predicted molar refractivity (Wildman–Crippen MR) is 92.1 cm³/mol. The normalized spacial score (nSPS) is 27.1. The van der Waals surface area contributed by atoms with Crippen molar-refractivity contribution in [2.24, 2.45) is 5.92 Å². The van der Waals surface area contributed by atoms with Crippen LogP contribution in [0.25, 0.3) is 0 Å². The van der Waals surface area contributed by atoms with Gasteiger partial charge in [0.15, 0.2) is 0 Å². The SMILES string of the molecule is C=CC[C@@]12CCCCC1CCCN2C(=O)OCc1ccccc1. The van der Waals surface area contributed by atoms with E-state index in [1.54, 1.807) is 0 Å². The van der Waals surface area contributed by atoms with Gasteiger partial charge in [-0.2, -0.15) is 0 Å². The minimum atomic E-state index is -0.151. The van der Waals surface area contributed by atoms with Crippen molar-refractivity contribution in [1.29, 1.82) is 0 Å². The lowest BCUT2D eigenvalue weighted by molar-refractivity contribution is -0.0311. The van der Waals surface area contributed by atoms with Crippen LogP contribution < -0.4 is 0 Å². The first-order chi connectivity index (χ1) is 11.3. The molecular weight excluding hydrogens is 286 g/mol. The second-order valence-electron chi connectivity index (χ2n) is 6.87. The molecule has 1 heterocycles. The molecule has 1 aliphatic carbocycles. The number of hydrogen-bond donors (Lipinski definition) is 0. The molecule has 0 radical (unpaired) electrons. The first-order valence-corrected chi connectivity index (χ1v) is 8.85. The summed E-state index contributed by atoms with van der Waals surface area (Å²) in [5.74, 6) is 0.604. The number of fused-ring (bicyclic) bond motifs is 1. The van der Waals surface area contributed by atoms with E-state index < -0.39 is 0 Å². The van der Waals surface area contributed by atoms with E-state index >= 15 is 0 Å². The van der Waals surface area contributed by atoms with Crippen LogP contribution >= 0.6 is 0 Å². The van der Waals surface area contributed by atoms with Gasteiger partial charge < -0.3 is 9.64 Å². The van der Waals surface area contributed by atoms with E-state index in [4.69, 9.17) is 4.74 Å². The number of amides is 1. The Labute approximate surface area is 139 Å². The van der Waals surface area contributed by atoms with Crippen LogP contribution in [-0.4, -0.2) is 23.1 Å². The molecule has 3 rings (SSSR count). The van der Waals surface area contributed by atoms with Crippen LogP contribution in [0.5, 0.6) is 0 Å². The molecule has 0 spiro atoms. The molecule has 23 heavy (non-hydrogen) atoms. The van der Waals surface area contributed by atoms with Gasteiger partial charge in [0, 0.05) is 6.54 Å². The molecule has 1 aromatic rings. The molecule has 124 valence electrons. The third kappa shape index (κ3) is 3.29. The van der Waals surface area contributed by atoms with Gasteiger partial charge in [-0.1, -0.05) is 49.2 Å². The third-order valence-electron chi connectivity index (χ3n) is 5.57. The zero-order valence-corrected chi connectivity index (χ0v) is 13.9. The highest BCUT2D eigenvalue weighted by Gasteiger charge is 2.48. The summed E-state index contributed by atoms with van der Waals surface area (Å²) in [6, 6.07) is 9.90. The van der Waals surface area contributed by atoms with Gasteiger partial charge in [-0.3, -0.25) is 0 Å². The maximum absolute atomic E-state index is 12.8. The number of carbonyl (C=O) groups excluding carboxylic acids is 1. The Morgan fingerprint density at radius 2 is 2.04 bits per heavy atom. The summed E-state index contributed by atoms with van der Waals surface area (Å²) >= 11 is 0. The molecule has 2 aliphatic rings. The fraction of sp³-hybridized carbons (Fsp3) is 0.550. The zero-order chi connectivity index (χ0) is 16.1. The quantitative estimate of drug-likeness (QED) is 0.738. The maximum atomic E-state index is 12.8. The van der Waals surface area contributed by atoms with Gasteiger partial charge in [-0.25, -0.2) is 4.79 Å². The number of piperidine rings is 1. The van der Waals surface area contributed by atoms with Gasteiger partial charge in [0.05, 0.1) is 5.54 Å². The van der Waals surface area contributed by atoms with Gasteiger partial charge >= 0.3 is 6.09 Å². The first-order valence-electron chi connectivity index (χ1n) is 8.85. The second-order valence-corrected chi connectivity index (χ2v) is 6.87. The van der Waals surface area contributed by atoms with Crippen LogP contribution in [0.15, 0.2) is 43.0 Å². The summed E-state index contributed by atoms with van der Waals surface area (Å²) in [5.41, 5.74) is 0.988. The molecule has 3 heteroatoms. The average molecular weight is 313 g/mol. The molecule has 2 atom stereocenters. The topological polar surface area (TPSA) is 29.5 Å². The average Bonchev–Trinajstić information content (AvgIpc) is 2.60. The van der Waals surface area contributed by atoms with E-state index in [-0.39, 0.29) is 11.6 Å². The van der Waals surface area contributed by atoms with Gasteiger partial charge in [0.2, 0.25) is 0 Å². The molecule has 1 saturated heterocycles. The number of carbonyl (C=O) groups is 1. The summed E-state index contributed by atoms with van der Waals surface area (Å²) in [7, 11) is 0. The minimum Gasteiger partial charge on any atom is -0.445 e. The monoisotopic (exact) mass is 313 g/mol. The summed E-state index contributed by atoms with van der Waals surface area (Å²) in [6.07, 6.45) is 9.85. The summed E-state index contributed by atoms with van der Waals surface area (Å²) in [6.45, 7) is 5.12. The molecule has 0 aromatic heterocycles. The number of benzene rings is 1. The Hall–Kier alpha value is -1.77. The van der Waals surface area contributed by atoms with E-state index in [1.165, 1.54) is 25.7 Å². The fourth-order valence-corrected chi connectivity index (χ4v) is 4.48. The Morgan fingerprint density at radius 1 is 1.26 bits per heavy atom. The van der Waals surface area contributed by atoms with Crippen LogP contribution in [0.1, 0.15) is 50.5 Å². The van der Waals surface area contributed by atoms with Gasteiger partial charge in [-0.15, -0.1) is 6.58 Å². The van der Waals surface area contributed by atoms with Crippen molar-refractivity contribution in [1.82, 2.24) is 4.90 Å². The smallest absolute Gasteiger partial charge is 0.410 e. The maximum Gasteiger partial charge on any atom is 0.410 e. The van der Waals surface area contributed by atoms with Gasteiger partial charge in [0.1, 0.15) is 6.61 Å². The molecule has 1 unspecified atom stereocenters. The second kappa shape index (κ2) is 7.20. The number of ether oxygens (including phenoxy) is 1.